The Labute approximate surface area is 165 Å². The molecule has 0 aliphatic carbocycles. The summed E-state index contributed by atoms with van der Waals surface area (Å²) in [7, 11) is 1.58. The van der Waals surface area contributed by atoms with Crippen molar-refractivity contribution >= 4 is 11.7 Å². The summed E-state index contributed by atoms with van der Waals surface area (Å²) in [5, 5.41) is 10.6. The molecular weight excluding hydrogens is 354 g/mol. The minimum Gasteiger partial charge on any atom is -0.503 e. The van der Waals surface area contributed by atoms with Crippen molar-refractivity contribution in [1.82, 2.24) is 4.90 Å². The Hall–Kier alpha value is -3.08. The van der Waals surface area contributed by atoms with Crippen LogP contribution in [0.2, 0.25) is 0 Å². The highest BCUT2D eigenvalue weighted by atomic mass is 16.5. The van der Waals surface area contributed by atoms with Gasteiger partial charge in [-0.15, -0.1) is 0 Å². The first-order valence-electron chi connectivity index (χ1n) is 9.21. The molecule has 1 aliphatic heterocycles. The lowest BCUT2D eigenvalue weighted by Crippen LogP contribution is -2.32. The summed E-state index contributed by atoms with van der Waals surface area (Å²) in [6.07, 6.45) is 0. The second-order valence-electron chi connectivity index (χ2n) is 7.94. The van der Waals surface area contributed by atoms with Crippen LogP contribution in [0, 0.1) is 5.41 Å². The monoisotopic (exact) mass is 379 g/mol. The molecule has 2 aromatic carbocycles. The van der Waals surface area contributed by atoms with E-state index in [2.05, 4.69) is 0 Å². The average Bonchev–Trinajstić information content (AvgIpc) is 2.92. The quantitative estimate of drug-likeness (QED) is 0.845. The number of benzene rings is 2. The smallest absolute Gasteiger partial charge is 0.290 e. The summed E-state index contributed by atoms with van der Waals surface area (Å²) in [5.41, 5.74) is 1.08. The lowest BCUT2D eigenvalue weighted by Gasteiger charge is -2.29. The van der Waals surface area contributed by atoms with Gasteiger partial charge in [0.15, 0.2) is 11.5 Å². The van der Waals surface area contributed by atoms with E-state index in [0.717, 1.165) is 11.1 Å². The van der Waals surface area contributed by atoms with E-state index in [0.29, 0.717) is 5.75 Å². The molecular formula is C23H25NO4. The normalized spacial score (nSPS) is 17.2. The molecule has 0 spiro atoms. The van der Waals surface area contributed by atoms with Gasteiger partial charge >= 0.3 is 0 Å². The van der Waals surface area contributed by atoms with Crippen LogP contribution in [-0.4, -0.2) is 28.8 Å². The molecule has 0 saturated heterocycles. The molecule has 1 heterocycles. The first-order chi connectivity index (χ1) is 13.2. The predicted molar refractivity (Wildman–Crippen MR) is 107 cm³/mol. The van der Waals surface area contributed by atoms with Crippen LogP contribution < -0.4 is 4.74 Å². The third-order valence-electron chi connectivity index (χ3n) is 4.83. The summed E-state index contributed by atoms with van der Waals surface area (Å²) >= 11 is 0. The molecule has 1 atom stereocenters. The van der Waals surface area contributed by atoms with E-state index in [-0.39, 0.29) is 17.9 Å². The molecule has 146 valence electrons. The SMILES string of the molecule is COc1cccc(CN2C(=O)C(O)=C(C(=O)C(C)(C)C)C2c2ccccc2)c1. The van der Waals surface area contributed by atoms with Crippen molar-refractivity contribution in [1.29, 1.82) is 0 Å². The van der Waals surface area contributed by atoms with Gasteiger partial charge in [0.1, 0.15) is 5.75 Å². The van der Waals surface area contributed by atoms with E-state index in [9.17, 15) is 14.7 Å². The number of carbonyl (C=O) groups is 2. The van der Waals surface area contributed by atoms with E-state index in [1.54, 1.807) is 32.8 Å². The number of rotatable bonds is 5. The zero-order chi connectivity index (χ0) is 20.5. The molecule has 0 saturated carbocycles. The number of Topliss-reactive ketones (excluding diaryl/α,β-unsaturated/α-hetero) is 1. The van der Waals surface area contributed by atoms with Crippen molar-refractivity contribution in [3.63, 3.8) is 0 Å². The fourth-order valence-electron chi connectivity index (χ4n) is 3.40. The van der Waals surface area contributed by atoms with Gasteiger partial charge in [0.2, 0.25) is 0 Å². The number of hydrogen-bond donors (Lipinski definition) is 1. The number of ketones is 1. The van der Waals surface area contributed by atoms with Crippen molar-refractivity contribution in [3.05, 3.63) is 77.1 Å². The lowest BCUT2D eigenvalue weighted by atomic mass is 9.82. The molecule has 0 bridgehead atoms. The van der Waals surface area contributed by atoms with E-state index < -0.39 is 23.1 Å². The van der Waals surface area contributed by atoms with Gasteiger partial charge in [-0.1, -0.05) is 63.2 Å². The van der Waals surface area contributed by atoms with Crippen LogP contribution in [0.1, 0.15) is 37.9 Å². The number of hydrogen-bond acceptors (Lipinski definition) is 4. The van der Waals surface area contributed by atoms with Gasteiger partial charge in [-0.05, 0) is 23.3 Å². The number of methoxy groups -OCH3 is 1. The van der Waals surface area contributed by atoms with E-state index in [4.69, 9.17) is 4.74 Å². The molecule has 1 N–H and O–H groups in total. The van der Waals surface area contributed by atoms with Crippen LogP contribution in [0.3, 0.4) is 0 Å². The average molecular weight is 379 g/mol. The largest absolute Gasteiger partial charge is 0.503 e. The van der Waals surface area contributed by atoms with Crippen LogP contribution in [0.4, 0.5) is 0 Å². The summed E-state index contributed by atoms with van der Waals surface area (Å²) < 4.78 is 5.27. The number of aliphatic hydroxyl groups excluding tert-OH is 1. The van der Waals surface area contributed by atoms with Crippen LogP contribution >= 0.6 is 0 Å². The fraction of sp³-hybridized carbons (Fsp3) is 0.304. The number of aliphatic hydroxyl groups is 1. The summed E-state index contributed by atoms with van der Waals surface area (Å²) in [6.45, 7) is 5.60. The number of ether oxygens (including phenoxy) is 1. The summed E-state index contributed by atoms with van der Waals surface area (Å²) in [4.78, 5) is 27.6. The van der Waals surface area contributed by atoms with Crippen LogP contribution in [0.15, 0.2) is 65.9 Å². The topological polar surface area (TPSA) is 66.8 Å². The van der Waals surface area contributed by atoms with Crippen molar-refractivity contribution in [2.75, 3.05) is 7.11 Å². The summed E-state index contributed by atoms with van der Waals surface area (Å²) in [6, 6.07) is 16.1. The Morgan fingerprint density at radius 1 is 1.11 bits per heavy atom. The lowest BCUT2D eigenvalue weighted by molar-refractivity contribution is -0.130. The zero-order valence-electron chi connectivity index (χ0n) is 16.6. The van der Waals surface area contributed by atoms with Gasteiger partial charge in [-0.2, -0.15) is 0 Å². The Kier molecular flexibility index (Phi) is 5.27. The maximum atomic E-state index is 13.1. The molecule has 5 nitrogen and oxygen atoms in total. The van der Waals surface area contributed by atoms with Crippen molar-refractivity contribution in [3.8, 4) is 5.75 Å². The Morgan fingerprint density at radius 2 is 1.79 bits per heavy atom. The van der Waals surface area contributed by atoms with E-state index >= 15 is 0 Å². The van der Waals surface area contributed by atoms with Crippen molar-refractivity contribution in [2.24, 2.45) is 5.41 Å². The first-order valence-corrected chi connectivity index (χ1v) is 9.21. The minimum absolute atomic E-state index is 0.159. The maximum absolute atomic E-state index is 13.1. The fourth-order valence-corrected chi connectivity index (χ4v) is 3.40. The second kappa shape index (κ2) is 7.50. The molecule has 0 aromatic heterocycles. The summed E-state index contributed by atoms with van der Waals surface area (Å²) in [5.74, 6) is -0.551. The molecule has 1 amide bonds. The number of nitrogens with zero attached hydrogens (tertiary/aromatic N) is 1. The molecule has 5 heteroatoms. The maximum Gasteiger partial charge on any atom is 0.290 e. The van der Waals surface area contributed by atoms with Gasteiger partial charge < -0.3 is 14.7 Å². The number of amides is 1. The van der Waals surface area contributed by atoms with Gasteiger partial charge in [0, 0.05) is 12.0 Å². The Balaban J connectivity index is 2.06. The Morgan fingerprint density at radius 3 is 2.39 bits per heavy atom. The first kappa shape index (κ1) is 19.7. The molecule has 28 heavy (non-hydrogen) atoms. The molecule has 0 fully saturated rings. The van der Waals surface area contributed by atoms with Crippen LogP contribution in [0.5, 0.6) is 5.75 Å². The second-order valence-corrected chi connectivity index (χ2v) is 7.94. The van der Waals surface area contributed by atoms with Crippen molar-refractivity contribution < 1.29 is 19.4 Å². The van der Waals surface area contributed by atoms with Gasteiger partial charge in [0.05, 0.1) is 18.7 Å². The molecule has 0 radical (unpaired) electrons. The van der Waals surface area contributed by atoms with E-state index in [1.807, 2.05) is 54.6 Å². The van der Waals surface area contributed by atoms with Crippen LogP contribution in [-0.2, 0) is 16.1 Å². The minimum atomic E-state index is -0.720. The molecule has 2 aromatic rings. The highest BCUT2D eigenvalue weighted by molar-refractivity contribution is 6.10. The zero-order valence-corrected chi connectivity index (χ0v) is 16.6. The molecule has 1 aliphatic rings. The van der Waals surface area contributed by atoms with E-state index in [1.165, 1.54) is 0 Å². The highest BCUT2D eigenvalue weighted by Gasteiger charge is 2.45. The molecule has 1 unspecified atom stereocenters. The Bertz CT molecular complexity index is 925. The third kappa shape index (κ3) is 3.65. The van der Waals surface area contributed by atoms with Gasteiger partial charge in [-0.25, -0.2) is 0 Å². The van der Waals surface area contributed by atoms with Crippen LogP contribution in [0.25, 0.3) is 0 Å². The van der Waals surface area contributed by atoms with Gasteiger partial charge in [0.25, 0.3) is 5.91 Å². The predicted octanol–water partition coefficient (Wildman–Crippen LogP) is 4.21. The van der Waals surface area contributed by atoms with Crippen molar-refractivity contribution in [2.45, 2.75) is 33.4 Å². The standard InChI is InChI=1S/C23H25NO4/c1-23(2,3)21(26)18-19(16-10-6-5-7-11-16)24(22(27)20(18)25)14-15-9-8-12-17(13-15)28-4/h5-13,19,25H,14H2,1-4H3. The number of carbonyl (C=O) groups excluding carboxylic acids is 2. The molecule has 3 rings (SSSR count). The van der Waals surface area contributed by atoms with Gasteiger partial charge in [-0.3, -0.25) is 9.59 Å². The highest BCUT2D eigenvalue weighted by Crippen LogP contribution is 2.41. The third-order valence-corrected chi connectivity index (χ3v) is 4.83.